The SMILES string of the molecule is CCCCCCCCCCCOC(=O)OCCCCCNCCOCCO. The van der Waals surface area contributed by atoms with E-state index >= 15 is 0 Å². The van der Waals surface area contributed by atoms with Crippen molar-refractivity contribution in [1.29, 1.82) is 0 Å². The van der Waals surface area contributed by atoms with E-state index in [9.17, 15) is 4.79 Å². The van der Waals surface area contributed by atoms with E-state index in [4.69, 9.17) is 19.3 Å². The van der Waals surface area contributed by atoms with Crippen LogP contribution < -0.4 is 5.32 Å². The van der Waals surface area contributed by atoms with E-state index in [0.29, 0.717) is 26.4 Å². The largest absolute Gasteiger partial charge is 0.508 e. The second kappa shape index (κ2) is 23.2. The molecule has 0 fully saturated rings. The molecule has 2 N–H and O–H groups in total. The van der Waals surface area contributed by atoms with Crippen molar-refractivity contribution < 1.29 is 24.1 Å². The molecule has 0 bridgehead atoms. The van der Waals surface area contributed by atoms with Gasteiger partial charge in [0.2, 0.25) is 0 Å². The van der Waals surface area contributed by atoms with E-state index in [0.717, 1.165) is 45.2 Å². The van der Waals surface area contributed by atoms with Gasteiger partial charge < -0.3 is 24.6 Å². The summed E-state index contributed by atoms with van der Waals surface area (Å²) in [6.07, 6.45) is 13.6. The maximum Gasteiger partial charge on any atom is 0.508 e. The molecule has 162 valence electrons. The first-order valence-electron chi connectivity index (χ1n) is 11.0. The van der Waals surface area contributed by atoms with Gasteiger partial charge in [-0.3, -0.25) is 0 Å². The van der Waals surface area contributed by atoms with Crippen molar-refractivity contribution in [3.05, 3.63) is 0 Å². The number of aliphatic hydroxyl groups is 1. The van der Waals surface area contributed by atoms with E-state index < -0.39 is 6.16 Å². The van der Waals surface area contributed by atoms with Gasteiger partial charge in [0.25, 0.3) is 0 Å². The molecule has 0 aromatic carbocycles. The van der Waals surface area contributed by atoms with Crippen LogP contribution in [0.25, 0.3) is 0 Å². The molecule has 6 heteroatoms. The monoisotopic (exact) mass is 389 g/mol. The van der Waals surface area contributed by atoms with Crippen LogP contribution in [0.1, 0.15) is 84.0 Å². The zero-order chi connectivity index (χ0) is 19.8. The van der Waals surface area contributed by atoms with Crippen molar-refractivity contribution in [1.82, 2.24) is 5.32 Å². The Hall–Kier alpha value is -0.850. The smallest absolute Gasteiger partial charge is 0.434 e. The molecule has 0 heterocycles. The van der Waals surface area contributed by atoms with E-state index in [1.165, 1.54) is 44.9 Å². The molecule has 0 saturated carbocycles. The fourth-order valence-corrected chi connectivity index (χ4v) is 2.73. The Balaban J connectivity index is 3.13. The molecule has 0 aliphatic heterocycles. The molecular formula is C21H43NO5. The summed E-state index contributed by atoms with van der Waals surface area (Å²) in [7, 11) is 0. The van der Waals surface area contributed by atoms with Gasteiger partial charge in [0.15, 0.2) is 0 Å². The Labute approximate surface area is 166 Å². The number of hydrogen-bond donors (Lipinski definition) is 2. The summed E-state index contributed by atoms with van der Waals surface area (Å²) in [5, 5.41) is 11.8. The number of rotatable bonds is 21. The van der Waals surface area contributed by atoms with Gasteiger partial charge in [0.05, 0.1) is 33.0 Å². The average molecular weight is 390 g/mol. The van der Waals surface area contributed by atoms with E-state index in [1.807, 2.05) is 0 Å². The van der Waals surface area contributed by atoms with Gasteiger partial charge in [-0.15, -0.1) is 0 Å². The molecule has 0 spiro atoms. The molecule has 0 rings (SSSR count). The summed E-state index contributed by atoms with van der Waals surface area (Å²) in [6.45, 7) is 5.94. The van der Waals surface area contributed by atoms with Crippen LogP contribution in [-0.4, -0.2) is 57.4 Å². The Kier molecular flexibility index (Phi) is 22.5. The minimum atomic E-state index is -0.534. The average Bonchev–Trinajstić information content (AvgIpc) is 2.67. The van der Waals surface area contributed by atoms with Crippen molar-refractivity contribution in [2.24, 2.45) is 0 Å². The van der Waals surface area contributed by atoms with E-state index in [-0.39, 0.29) is 6.61 Å². The fourth-order valence-electron chi connectivity index (χ4n) is 2.73. The molecule has 0 amide bonds. The third-order valence-corrected chi connectivity index (χ3v) is 4.34. The number of aliphatic hydroxyl groups excluding tert-OH is 1. The summed E-state index contributed by atoms with van der Waals surface area (Å²) >= 11 is 0. The van der Waals surface area contributed by atoms with Gasteiger partial charge in [-0.05, 0) is 32.2 Å². The second-order valence-corrected chi connectivity index (χ2v) is 6.92. The zero-order valence-corrected chi connectivity index (χ0v) is 17.5. The number of nitrogens with one attached hydrogen (secondary N) is 1. The van der Waals surface area contributed by atoms with Crippen LogP contribution in [0.2, 0.25) is 0 Å². The zero-order valence-electron chi connectivity index (χ0n) is 17.5. The molecule has 0 aromatic heterocycles. The van der Waals surface area contributed by atoms with Gasteiger partial charge in [-0.1, -0.05) is 58.3 Å². The first kappa shape index (κ1) is 26.1. The minimum Gasteiger partial charge on any atom is -0.434 e. The molecular weight excluding hydrogens is 346 g/mol. The number of hydrogen-bond acceptors (Lipinski definition) is 6. The Morgan fingerprint density at radius 3 is 1.85 bits per heavy atom. The topological polar surface area (TPSA) is 77.0 Å². The van der Waals surface area contributed by atoms with Crippen molar-refractivity contribution >= 4 is 6.16 Å². The molecule has 0 radical (unpaired) electrons. The lowest BCUT2D eigenvalue weighted by Crippen LogP contribution is -2.21. The van der Waals surface area contributed by atoms with Gasteiger partial charge in [-0.25, -0.2) is 4.79 Å². The number of carbonyl (C=O) groups is 1. The number of ether oxygens (including phenoxy) is 3. The molecule has 0 aliphatic rings. The van der Waals surface area contributed by atoms with Crippen LogP contribution in [-0.2, 0) is 14.2 Å². The highest BCUT2D eigenvalue weighted by Gasteiger charge is 2.03. The standard InChI is InChI=1S/C21H43NO5/c1-2-3-4-5-6-7-8-9-12-17-26-21(24)27-18-13-10-11-14-22-15-19-25-20-16-23/h22-23H,2-20H2,1H3. The maximum atomic E-state index is 11.5. The van der Waals surface area contributed by atoms with Crippen LogP contribution in [0.5, 0.6) is 0 Å². The van der Waals surface area contributed by atoms with E-state index in [1.54, 1.807) is 0 Å². The van der Waals surface area contributed by atoms with Crippen LogP contribution in [0.4, 0.5) is 4.79 Å². The molecule has 0 aromatic rings. The lowest BCUT2D eigenvalue weighted by Gasteiger charge is -2.07. The third kappa shape index (κ3) is 23.1. The van der Waals surface area contributed by atoms with Crippen molar-refractivity contribution in [3.63, 3.8) is 0 Å². The molecule has 0 aliphatic carbocycles. The quantitative estimate of drug-likeness (QED) is 0.223. The normalized spacial score (nSPS) is 10.9. The highest BCUT2D eigenvalue weighted by atomic mass is 16.7. The first-order chi connectivity index (χ1) is 13.3. The lowest BCUT2D eigenvalue weighted by molar-refractivity contribution is 0.0529. The van der Waals surface area contributed by atoms with E-state index in [2.05, 4.69) is 12.2 Å². The molecule has 0 saturated heterocycles. The fraction of sp³-hybridized carbons (Fsp3) is 0.952. The summed E-state index contributed by atoms with van der Waals surface area (Å²) in [6, 6.07) is 0. The highest BCUT2D eigenvalue weighted by molar-refractivity contribution is 5.59. The molecule has 27 heavy (non-hydrogen) atoms. The third-order valence-electron chi connectivity index (χ3n) is 4.34. The summed E-state index contributed by atoms with van der Waals surface area (Å²) in [5.74, 6) is 0. The summed E-state index contributed by atoms with van der Waals surface area (Å²) < 4.78 is 15.3. The lowest BCUT2D eigenvalue weighted by atomic mass is 10.1. The van der Waals surface area contributed by atoms with Gasteiger partial charge >= 0.3 is 6.16 Å². The number of carbonyl (C=O) groups excluding carboxylic acids is 1. The highest BCUT2D eigenvalue weighted by Crippen LogP contribution is 2.09. The molecule has 6 nitrogen and oxygen atoms in total. The molecule has 0 atom stereocenters. The minimum absolute atomic E-state index is 0.0711. The van der Waals surface area contributed by atoms with Crippen LogP contribution in [0.3, 0.4) is 0 Å². The van der Waals surface area contributed by atoms with Crippen LogP contribution in [0, 0.1) is 0 Å². The summed E-state index contributed by atoms with van der Waals surface area (Å²) in [4.78, 5) is 11.5. The maximum absolute atomic E-state index is 11.5. The predicted molar refractivity (Wildman–Crippen MR) is 109 cm³/mol. The van der Waals surface area contributed by atoms with Gasteiger partial charge in [-0.2, -0.15) is 0 Å². The van der Waals surface area contributed by atoms with Crippen molar-refractivity contribution in [2.75, 3.05) is 46.1 Å². The van der Waals surface area contributed by atoms with Gasteiger partial charge in [0.1, 0.15) is 0 Å². The van der Waals surface area contributed by atoms with Crippen molar-refractivity contribution in [3.8, 4) is 0 Å². The summed E-state index contributed by atoms with van der Waals surface area (Å²) in [5.41, 5.74) is 0. The predicted octanol–water partition coefficient (Wildman–Crippen LogP) is 4.44. The first-order valence-corrected chi connectivity index (χ1v) is 11.0. The number of unbranched alkanes of at least 4 members (excludes halogenated alkanes) is 10. The Morgan fingerprint density at radius 1 is 0.704 bits per heavy atom. The molecule has 0 unspecified atom stereocenters. The second-order valence-electron chi connectivity index (χ2n) is 6.92. The van der Waals surface area contributed by atoms with Crippen molar-refractivity contribution in [2.45, 2.75) is 84.0 Å². The Morgan fingerprint density at radius 2 is 1.26 bits per heavy atom. The van der Waals surface area contributed by atoms with Gasteiger partial charge in [0, 0.05) is 6.54 Å². The Bertz CT molecular complexity index is 302. The van der Waals surface area contributed by atoms with Crippen LogP contribution >= 0.6 is 0 Å². The van der Waals surface area contributed by atoms with Crippen LogP contribution in [0.15, 0.2) is 0 Å².